The predicted molar refractivity (Wildman–Crippen MR) is 69.7 cm³/mol. The van der Waals surface area contributed by atoms with E-state index in [0.717, 1.165) is 12.1 Å². The number of halogens is 3. The maximum atomic E-state index is 12.8. The molecule has 3 nitrogen and oxygen atoms in total. The number of hydrogen-bond donors (Lipinski definition) is 0. The zero-order valence-electron chi connectivity index (χ0n) is 12.1. The molecule has 1 fully saturated rings. The van der Waals surface area contributed by atoms with Crippen LogP contribution in [0.15, 0.2) is 12.1 Å². The van der Waals surface area contributed by atoms with Crippen LogP contribution in [-0.4, -0.2) is 23.3 Å². The van der Waals surface area contributed by atoms with Gasteiger partial charge in [0.2, 0.25) is 0 Å². The van der Waals surface area contributed by atoms with Crippen molar-refractivity contribution in [2.45, 2.75) is 52.0 Å². The van der Waals surface area contributed by atoms with Gasteiger partial charge in [-0.3, -0.25) is 4.98 Å². The largest absolute Gasteiger partial charge is 0.514 e. The molecule has 1 aliphatic heterocycles. The van der Waals surface area contributed by atoms with Crippen LogP contribution in [0.2, 0.25) is 0 Å². The molecule has 0 spiro atoms. The van der Waals surface area contributed by atoms with Crippen LogP contribution in [0.5, 0.6) is 0 Å². The van der Waals surface area contributed by atoms with Crippen LogP contribution in [0, 0.1) is 6.92 Å². The first kappa shape index (κ1) is 15.3. The normalized spacial score (nSPS) is 21.3. The van der Waals surface area contributed by atoms with Crippen LogP contribution in [0.25, 0.3) is 0 Å². The Morgan fingerprint density at radius 2 is 1.55 bits per heavy atom. The monoisotopic (exact) mass is 287 g/mol. The van der Waals surface area contributed by atoms with E-state index in [1.807, 2.05) is 27.7 Å². The summed E-state index contributed by atoms with van der Waals surface area (Å²) in [7, 11) is -0.888. The first-order valence-electron chi connectivity index (χ1n) is 6.34. The standard InChI is InChI=1S/C13H17BF3NO2/c1-8-6-9(13(15,16)17)7-10(18-8)14-19-11(2,3)12(4,5)20-14/h6-7H,1-5H3. The molecular weight excluding hydrogens is 270 g/mol. The number of aryl methyl sites for hydroxylation is 1. The van der Waals surface area contributed by atoms with Crippen molar-refractivity contribution in [2.75, 3.05) is 0 Å². The van der Waals surface area contributed by atoms with Crippen LogP contribution in [0.1, 0.15) is 39.0 Å². The van der Waals surface area contributed by atoms with Crippen molar-refractivity contribution in [3.05, 3.63) is 23.4 Å². The maximum Gasteiger partial charge on any atom is 0.514 e. The van der Waals surface area contributed by atoms with Crippen LogP contribution in [0.3, 0.4) is 0 Å². The summed E-state index contributed by atoms with van der Waals surface area (Å²) in [6.07, 6.45) is -4.41. The lowest BCUT2D eigenvalue weighted by Gasteiger charge is -2.32. The maximum absolute atomic E-state index is 12.8. The van der Waals surface area contributed by atoms with Gasteiger partial charge in [-0.2, -0.15) is 13.2 Å². The molecule has 7 heteroatoms. The second kappa shape index (κ2) is 4.46. The van der Waals surface area contributed by atoms with Gasteiger partial charge in [0.05, 0.1) is 22.4 Å². The van der Waals surface area contributed by atoms with Crippen LogP contribution >= 0.6 is 0 Å². The molecule has 0 atom stereocenters. The van der Waals surface area contributed by atoms with Crippen LogP contribution < -0.4 is 5.59 Å². The van der Waals surface area contributed by atoms with Crippen molar-refractivity contribution in [1.82, 2.24) is 4.98 Å². The lowest BCUT2D eigenvalue weighted by Crippen LogP contribution is -2.41. The van der Waals surface area contributed by atoms with E-state index >= 15 is 0 Å². The number of hydrogen-bond acceptors (Lipinski definition) is 3. The third kappa shape index (κ3) is 2.69. The van der Waals surface area contributed by atoms with Gasteiger partial charge in [0.15, 0.2) is 0 Å². The summed E-state index contributed by atoms with van der Waals surface area (Å²) in [6.45, 7) is 8.88. The quantitative estimate of drug-likeness (QED) is 0.744. The highest BCUT2D eigenvalue weighted by molar-refractivity contribution is 6.61. The minimum atomic E-state index is -4.41. The average Bonchev–Trinajstić information content (AvgIpc) is 2.46. The Hall–Kier alpha value is -1.08. The van der Waals surface area contributed by atoms with Gasteiger partial charge in [-0.25, -0.2) is 0 Å². The first-order chi connectivity index (χ1) is 8.92. The third-order valence-corrected chi connectivity index (χ3v) is 3.80. The Morgan fingerprint density at radius 3 is 2.00 bits per heavy atom. The molecule has 1 aromatic rings. The fourth-order valence-corrected chi connectivity index (χ4v) is 1.94. The van der Waals surface area contributed by atoms with Gasteiger partial charge in [0.25, 0.3) is 0 Å². The molecule has 1 aliphatic rings. The zero-order chi connectivity index (χ0) is 15.3. The van der Waals surface area contributed by atoms with E-state index in [1.54, 1.807) is 0 Å². The van der Waals surface area contributed by atoms with Gasteiger partial charge in [-0.05, 0) is 46.8 Å². The zero-order valence-corrected chi connectivity index (χ0v) is 12.1. The molecule has 0 unspecified atom stereocenters. The minimum Gasteiger partial charge on any atom is -0.398 e. The van der Waals surface area contributed by atoms with Crippen molar-refractivity contribution >= 4 is 12.7 Å². The van der Waals surface area contributed by atoms with Crippen molar-refractivity contribution in [2.24, 2.45) is 0 Å². The van der Waals surface area contributed by atoms with Gasteiger partial charge >= 0.3 is 13.3 Å². The lowest BCUT2D eigenvalue weighted by atomic mass is 9.83. The molecular formula is C13H17BF3NO2. The van der Waals surface area contributed by atoms with Crippen molar-refractivity contribution in [3.8, 4) is 0 Å². The number of alkyl halides is 3. The summed E-state index contributed by atoms with van der Waals surface area (Å²) in [5, 5.41) is 0. The highest BCUT2D eigenvalue weighted by Crippen LogP contribution is 2.36. The summed E-state index contributed by atoms with van der Waals surface area (Å²) in [4.78, 5) is 4.11. The number of aromatic nitrogens is 1. The highest BCUT2D eigenvalue weighted by Gasteiger charge is 2.52. The Kier molecular flexibility index (Phi) is 3.42. The second-order valence-electron chi connectivity index (χ2n) is 6.01. The molecule has 0 amide bonds. The smallest absolute Gasteiger partial charge is 0.398 e. The fourth-order valence-electron chi connectivity index (χ4n) is 1.94. The number of rotatable bonds is 1. The molecule has 1 saturated heterocycles. The van der Waals surface area contributed by atoms with Gasteiger partial charge < -0.3 is 9.31 Å². The Bertz CT molecular complexity index is 513. The van der Waals surface area contributed by atoms with Gasteiger partial charge in [0.1, 0.15) is 0 Å². The molecule has 2 rings (SSSR count). The first-order valence-corrected chi connectivity index (χ1v) is 6.34. The number of pyridine rings is 1. The SMILES string of the molecule is Cc1cc(C(F)(F)F)cc(B2OC(C)(C)C(C)(C)O2)n1. The second-order valence-corrected chi connectivity index (χ2v) is 6.01. The topological polar surface area (TPSA) is 31.4 Å². The molecule has 20 heavy (non-hydrogen) atoms. The number of nitrogens with zero attached hydrogens (tertiary/aromatic N) is 1. The molecule has 1 aromatic heterocycles. The average molecular weight is 287 g/mol. The van der Waals surface area contributed by atoms with E-state index in [1.165, 1.54) is 6.92 Å². The van der Waals surface area contributed by atoms with Crippen molar-refractivity contribution < 1.29 is 22.5 Å². The van der Waals surface area contributed by atoms with Crippen LogP contribution in [-0.2, 0) is 15.5 Å². The van der Waals surface area contributed by atoms with E-state index < -0.39 is 30.1 Å². The van der Waals surface area contributed by atoms with Crippen LogP contribution in [0.4, 0.5) is 13.2 Å². The summed E-state index contributed by atoms with van der Waals surface area (Å²) < 4.78 is 49.9. The molecule has 0 saturated carbocycles. The Balaban J connectivity index is 2.38. The predicted octanol–water partition coefficient (Wildman–Crippen LogP) is 2.71. The van der Waals surface area contributed by atoms with E-state index in [0.29, 0.717) is 0 Å². The lowest BCUT2D eigenvalue weighted by molar-refractivity contribution is -0.137. The van der Waals surface area contributed by atoms with Gasteiger partial charge in [-0.1, -0.05) is 0 Å². The summed E-state index contributed by atoms with van der Waals surface area (Å²) in [5.41, 5.74) is -1.53. The summed E-state index contributed by atoms with van der Waals surface area (Å²) in [5.74, 6) is 0. The summed E-state index contributed by atoms with van der Waals surface area (Å²) in [6, 6.07) is 1.99. The highest BCUT2D eigenvalue weighted by atomic mass is 19.4. The summed E-state index contributed by atoms with van der Waals surface area (Å²) >= 11 is 0. The molecule has 110 valence electrons. The Labute approximate surface area is 116 Å². The minimum absolute atomic E-state index is 0.149. The fraction of sp³-hybridized carbons (Fsp3) is 0.615. The van der Waals surface area contributed by atoms with Crippen molar-refractivity contribution in [1.29, 1.82) is 0 Å². The molecule has 0 bridgehead atoms. The third-order valence-electron chi connectivity index (χ3n) is 3.80. The molecule has 2 heterocycles. The Morgan fingerprint density at radius 1 is 1.05 bits per heavy atom. The van der Waals surface area contributed by atoms with E-state index in [4.69, 9.17) is 9.31 Å². The molecule has 0 aliphatic carbocycles. The van der Waals surface area contributed by atoms with E-state index in [9.17, 15) is 13.2 Å². The molecule has 0 aromatic carbocycles. The molecule has 0 radical (unpaired) electrons. The van der Waals surface area contributed by atoms with Gasteiger partial charge in [-0.15, -0.1) is 0 Å². The molecule has 0 N–H and O–H groups in total. The van der Waals surface area contributed by atoms with Crippen molar-refractivity contribution in [3.63, 3.8) is 0 Å². The van der Waals surface area contributed by atoms with Gasteiger partial charge in [0, 0.05) is 5.69 Å². The van der Waals surface area contributed by atoms with E-state index in [-0.39, 0.29) is 11.3 Å². The van der Waals surface area contributed by atoms with E-state index in [2.05, 4.69) is 4.98 Å².